The maximum Gasteiger partial charge on any atom is 0.338 e. The Bertz CT molecular complexity index is 2190. The van der Waals surface area contributed by atoms with Gasteiger partial charge in [-0.15, -0.1) is 0 Å². The number of nitrogen functional groups attached to an aromatic ring is 4. The number of rotatable bonds is 15. The van der Waals surface area contributed by atoms with Gasteiger partial charge in [0.2, 0.25) is 0 Å². The zero-order valence-corrected chi connectivity index (χ0v) is 36.5. The van der Waals surface area contributed by atoms with Gasteiger partial charge in [0, 0.05) is 47.7 Å². The normalized spacial score (nSPS) is 18.5. The Kier molecular flexibility index (Phi) is 18.2. The number of anilines is 4. The summed E-state index contributed by atoms with van der Waals surface area (Å²) < 4.78 is 21.7. The van der Waals surface area contributed by atoms with E-state index in [2.05, 4.69) is 13.8 Å². The van der Waals surface area contributed by atoms with E-state index in [9.17, 15) is 19.2 Å². The molecule has 334 valence electrons. The van der Waals surface area contributed by atoms with Crippen molar-refractivity contribution in [2.75, 3.05) is 36.1 Å². The highest BCUT2D eigenvalue weighted by Crippen LogP contribution is 2.29. The van der Waals surface area contributed by atoms with E-state index in [4.69, 9.17) is 41.9 Å². The molecule has 2 saturated carbocycles. The van der Waals surface area contributed by atoms with Crippen molar-refractivity contribution in [2.45, 2.75) is 96.7 Å². The van der Waals surface area contributed by atoms with Crippen LogP contribution in [0.2, 0.25) is 0 Å². The monoisotopic (exact) mass is 858 g/mol. The fourth-order valence-corrected chi connectivity index (χ4v) is 7.53. The third-order valence-electron chi connectivity index (χ3n) is 11.6. The Morgan fingerprint density at radius 1 is 0.556 bits per heavy atom. The zero-order valence-electron chi connectivity index (χ0n) is 36.5. The lowest BCUT2D eigenvalue weighted by molar-refractivity contribution is -0.138. The number of esters is 4. The Morgan fingerprint density at radius 3 is 1.33 bits per heavy atom. The van der Waals surface area contributed by atoms with Crippen molar-refractivity contribution < 1.29 is 38.1 Å². The van der Waals surface area contributed by atoms with Crippen LogP contribution in [0.3, 0.4) is 0 Å². The second kappa shape index (κ2) is 24.2. The molecule has 0 atom stereocenters. The number of benzene rings is 4. The number of carbonyl (C=O) groups is 4. The van der Waals surface area contributed by atoms with Gasteiger partial charge in [0.15, 0.2) is 0 Å². The van der Waals surface area contributed by atoms with E-state index >= 15 is 0 Å². The van der Waals surface area contributed by atoms with E-state index in [0.29, 0.717) is 52.6 Å². The molecule has 63 heavy (non-hydrogen) atoms. The molecule has 0 amide bonds. The van der Waals surface area contributed by atoms with Crippen LogP contribution in [0.1, 0.15) is 115 Å². The molecular weight excluding hydrogens is 797 g/mol. The molecule has 0 heterocycles. The smallest absolute Gasteiger partial charge is 0.338 e. The molecule has 2 aliphatic carbocycles. The molecule has 8 N–H and O–H groups in total. The summed E-state index contributed by atoms with van der Waals surface area (Å²) in [4.78, 5) is 48.6. The van der Waals surface area contributed by atoms with E-state index in [1.54, 1.807) is 84.9 Å². The largest absolute Gasteiger partial charge is 0.462 e. The minimum Gasteiger partial charge on any atom is -0.462 e. The third-order valence-corrected chi connectivity index (χ3v) is 11.6. The molecule has 4 aromatic rings. The average molecular weight is 859 g/mol. The van der Waals surface area contributed by atoms with Crippen LogP contribution < -0.4 is 22.9 Å². The first-order chi connectivity index (χ1) is 30.3. The van der Waals surface area contributed by atoms with Crippen LogP contribution in [0.5, 0.6) is 0 Å². The number of ether oxygens (including phenoxy) is 4. The lowest BCUT2D eigenvalue weighted by Crippen LogP contribution is -2.24. The zero-order chi connectivity index (χ0) is 45.1. The molecule has 12 heteroatoms. The molecule has 4 aromatic carbocycles. The summed E-state index contributed by atoms with van der Waals surface area (Å²) in [5, 5.41) is 0. The van der Waals surface area contributed by atoms with Gasteiger partial charge < -0.3 is 41.9 Å². The fraction of sp³-hybridized carbons (Fsp3) is 0.373. The third kappa shape index (κ3) is 16.0. The van der Waals surface area contributed by atoms with E-state index in [0.717, 1.165) is 79.5 Å². The molecule has 0 unspecified atom stereocenters. The van der Waals surface area contributed by atoms with Crippen molar-refractivity contribution in [1.82, 2.24) is 0 Å². The number of carbonyl (C=O) groups excluding carboxylic acids is 4. The van der Waals surface area contributed by atoms with E-state index < -0.39 is 11.9 Å². The van der Waals surface area contributed by atoms with Crippen LogP contribution >= 0.6 is 0 Å². The summed E-state index contributed by atoms with van der Waals surface area (Å²) in [5.74, 6) is 0.00887. The molecule has 0 aliphatic heterocycles. The quantitative estimate of drug-likeness (QED) is 0.0382. The van der Waals surface area contributed by atoms with Gasteiger partial charge in [-0.3, -0.25) is 0 Å². The van der Waals surface area contributed by atoms with Crippen molar-refractivity contribution in [3.8, 4) is 0 Å². The van der Waals surface area contributed by atoms with Gasteiger partial charge in [-0.2, -0.15) is 0 Å². The van der Waals surface area contributed by atoms with Crippen molar-refractivity contribution in [3.63, 3.8) is 0 Å². The molecule has 12 nitrogen and oxygen atoms in total. The van der Waals surface area contributed by atoms with Crippen molar-refractivity contribution in [3.05, 3.63) is 130 Å². The van der Waals surface area contributed by atoms with Crippen LogP contribution in [0.4, 0.5) is 22.7 Å². The Morgan fingerprint density at radius 2 is 0.952 bits per heavy atom. The first-order valence-electron chi connectivity index (χ1n) is 21.9. The van der Waals surface area contributed by atoms with Crippen LogP contribution in [-0.4, -0.2) is 49.3 Å². The van der Waals surface area contributed by atoms with Crippen LogP contribution in [0.15, 0.2) is 97.1 Å². The van der Waals surface area contributed by atoms with E-state index in [1.165, 1.54) is 18.6 Å². The second-order valence-electron chi connectivity index (χ2n) is 16.4. The van der Waals surface area contributed by atoms with Gasteiger partial charge >= 0.3 is 23.9 Å². The molecule has 2 fully saturated rings. The van der Waals surface area contributed by atoms with Gasteiger partial charge in [0.25, 0.3) is 0 Å². The number of hydrogen-bond acceptors (Lipinski definition) is 12. The summed E-state index contributed by atoms with van der Waals surface area (Å²) in [6.45, 7) is 4.89. The lowest BCUT2D eigenvalue weighted by atomic mass is 9.86. The predicted molar refractivity (Wildman–Crippen MR) is 249 cm³/mol. The van der Waals surface area contributed by atoms with E-state index in [-0.39, 0.29) is 37.4 Å². The molecule has 0 aromatic heterocycles. The van der Waals surface area contributed by atoms with Crippen molar-refractivity contribution >= 4 is 58.8 Å². The molecule has 0 saturated heterocycles. The number of hydrogen-bond donors (Lipinski definition) is 4. The van der Waals surface area contributed by atoms with Crippen molar-refractivity contribution in [1.29, 1.82) is 0 Å². The molecule has 0 bridgehead atoms. The SMILES string of the molecule is CC1CCC(OC(=O)c2ccc(/C=C/C(=O)OCCc3ccc(N)cc3N)cc2)CC1.CCC1CCC(OC(=O)c2ccc(/C=C/C(=O)OCCc3ccc(N)cc3N)cc2)CC1. The highest BCUT2D eigenvalue weighted by molar-refractivity contribution is 5.91. The lowest BCUT2D eigenvalue weighted by Gasteiger charge is -2.27. The maximum atomic E-state index is 12.4. The topological polar surface area (TPSA) is 209 Å². The minimum absolute atomic E-state index is 0.0154. The first-order valence-corrected chi connectivity index (χ1v) is 21.9. The van der Waals surface area contributed by atoms with Gasteiger partial charge in [-0.25, -0.2) is 19.2 Å². The van der Waals surface area contributed by atoms with Crippen LogP contribution in [0.25, 0.3) is 12.2 Å². The highest BCUT2D eigenvalue weighted by Gasteiger charge is 2.24. The van der Waals surface area contributed by atoms with Gasteiger partial charge in [0.05, 0.1) is 24.3 Å². The first kappa shape index (κ1) is 47.5. The number of nitrogens with two attached hydrogens (primary N) is 4. The van der Waals surface area contributed by atoms with Gasteiger partial charge in [-0.1, -0.05) is 56.7 Å². The summed E-state index contributed by atoms with van der Waals surface area (Å²) in [7, 11) is 0. The molecular formula is C51H62N4O8. The summed E-state index contributed by atoms with van der Waals surface area (Å²) in [6.07, 6.45) is 16.5. The standard InChI is InChI=1S/C26H32N2O4.C25H30N2O4/c1-2-18-5-12-23(13-6-18)32-26(30)21-8-3-19(4-9-21)7-14-25(29)31-16-15-20-10-11-22(27)17-24(20)28;1-17-2-11-22(12-3-17)31-25(29)20-7-4-18(5-8-20)6-13-24(28)30-15-14-19-9-10-21(26)16-23(19)27/h3-4,7-11,14,17-18,23H,2,5-6,12-13,15-16,27-28H2,1H3;4-10,13,16-17,22H,2-3,11-12,14-15,26-27H2,1H3/b14-7+;13-6+. The molecule has 2 aliphatic rings. The summed E-state index contributed by atoms with van der Waals surface area (Å²) in [6, 6.07) is 24.5. The Balaban J connectivity index is 0.000000238. The Hall–Kier alpha value is -6.56. The van der Waals surface area contributed by atoms with Gasteiger partial charge in [-0.05, 0) is 146 Å². The average Bonchev–Trinajstić information content (AvgIpc) is 3.28. The van der Waals surface area contributed by atoms with Crippen LogP contribution in [-0.2, 0) is 41.4 Å². The Labute approximate surface area is 371 Å². The minimum atomic E-state index is -0.441. The van der Waals surface area contributed by atoms with Gasteiger partial charge in [0.1, 0.15) is 12.2 Å². The summed E-state index contributed by atoms with van der Waals surface area (Å²) >= 11 is 0. The molecule has 0 spiro atoms. The fourth-order valence-electron chi connectivity index (χ4n) is 7.53. The van der Waals surface area contributed by atoms with Crippen LogP contribution in [0, 0.1) is 11.8 Å². The molecule has 0 radical (unpaired) electrons. The molecule has 6 rings (SSSR count). The maximum absolute atomic E-state index is 12.4. The summed E-state index contributed by atoms with van der Waals surface area (Å²) in [5.41, 5.74) is 29.9. The second-order valence-corrected chi connectivity index (χ2v) is 16.4. The van der Waals surface area contributed by atoms with Crippen molar-refractivity contribution in [2.24, 2.45) is 11.8 Å². The van der Waals surface area contributed by atoms with E-state index in [1.807, 2.05) is 12.1 Å². The predicted octanol–water partition coefficient (Wildman–Crippen LogP) is 9.16. The highest BCUT2D eigenvalue weighted by atomic mass is 16.6.